The number of hydrogen-bond donors (Lipinski definition) is 1. The third-order valence-electron chi connectivity index (χ3n) is 7.19. The van der Waals surface area contributed by atoms with Gasteiger partial charge in [-0.25, -0.2) is 9.50 Å². The molecule has 6 rings (SSSR count). The molecule has 7 nitrogen and oxygen atoms in total. The van der Waals surface area contributed by atoms with E-state index in [0.29, 0.717) is 0 Å². The molecule has 0 radical (unpaired) electrons. The normalized spacial score (nSPS) is 12.9. The van der Waals surface area contributed by atoms with Crippen molar-refractivity contribution >= 4 is 22.6 Å². The number of pyridine rings is 2. The van der Waals surface area contributed by atoms with E-state index < -0.39 is 0 Å². The van der Waals surface area contributed by atoms with Gasteiger partial charge in [-0.1, -0.05) is 72.5 Å². The molecule has 0 amide bonds. The van der Waals surface area contributed by atoms with Crippen molar-refractivity contribution in [1.29, 1.82) is 0 Å². The molecule has 6 heterocycles. The lowest BCUT2D eigenvalue weighted by Crippen LogP contribution is -2.30. The average Bonchev–Trinajstić information content (AvgIpc) is 3.70. The molecule has 0 saturated carbocycles. The molecule has 206 valence electrons. The number of likely N-dealkylation sites (N-methyl/N-ethyl adjacent to an activating group) is 1. The topological polar surface area (TPSA) is 67.0 Å². The maximum Gasteiger partial charge on any atom is 0.137 e. The summed E-state index contributed by atoms with van der Waals surface area (Å²) in [6.45, 7) is 15.2. The highest BCUT2D eigenvalue weighted by Gasteiger charge is 2.20. The molecule has 1 aliphatic heterocycles. The molecule has 0 bridgehead atoms. The van der Waals surface area contributed by atoms with E-state index in [2.05, 4.69) is 70.4 Å². The van der Waals surface area contributed by atoms with Gasteiger partial charge in [0, 0.05) is 59.3 Å². The van der Waals surface area contributed by atoms with Crippen molar-refractivity contribution in [3.8, 4) is 22.3 Å². The van der Waals surface area contributed by atoms with Crippen molar-refractivity contribution in [3.63, 3.8) is 0 Å². The van der Waals surface area contributed by atoms with Gasteiger partial charge in [-0.3, -0.25) is 9.58 Å². The van der Waals surface area contributed by atoms with Crippen LogP contribution in [0.5, 0.6) is 0 Å². The Labute approximate surface area is 232 Å². The fourth-order valence-electron chi connectivity index (χ4n) is 5.00. The number of rotatable bonds is 7. The molecule has 0 spiro atoms. The Morgan fingerprint density at radius 1 is 0.949 bits per heavy atom. The van der Waals surface area contributed by atoms with Crippen molar-refractivity contribution < 1.29 is 0 Å². The quantitative estimate of drug-likeness (QED) is 0.220. The van der Waals surface area contributed by atoms with Gasteiger partial charge in [0.15, 0.2) is 0 Å². The Morgan fingerprint density at radius 2 is 1.74 bits per heavy atom. The summed E-state index contributed by atoms with van der Waals surface area (Å²) in [6, 6.07) is 6.45. The third kappa shape index (κ3) is 6.14. The Kier molecular flexibility index (Phi) is 9.71. The lowest BCUT2D eigenvalue weighted by atomic mass is 10.0. The number of aromatic nitrogens is 6. The molecule has 0 unspecified atom stereocenters. The Hall–Kier alpha value is -3.71. The Balaban J connectivity index is 0.000000345. The predicted molar refractivity (Wildman–Crippen MR) is 164 cm³/mol. The minimum Gasteiger partial charge on any atom is -0.346 e. The number of H-pyrrole nitrogens is 1. The number of fused-ring (bicyclic) bond motifs is 3. The van der Waals surface area contributed by atoms with Gasteiger partial charge >= 0.3 is 0 Å². The van der Waals surface area contributed by atoms with E-state index >= 15 is 0 Å². The maximum absolute atomic E-state index is 4.70. The lowest BCUT2D eigenvalue weighted by molar-refractivity contribution is 0.259. The highest BCUT2D eigenvalue weighted by molar-refractivity contribution is 5.96. The van der Waals surface area contributed by atoms with Gasteiger partial charge in [-0.05, 0) is 30.8 Å². The summed E-state index contributed by atoms with van der Waals surface area (Å²) >= 11 is 0. The van der Waals surface area contributed by atoms with Crippen LogP contribution in [0, 0.1) is 0 Å². The number of aromatic amines is 1. The van der Waals surface area contributed by atoms with Gasteiger partial charge in [0.05, 0.1) is 30.1 Å². The highest BCUT2D eigenvalue weighted by Crippen LogP contribution is 2.33. The van der Waals surface area contributed by atoms with Crippen LogP contribution in [0.15, 0.2) is 55.8 Å². The van der Waals surface area contributed by atoms with Crippen LogP contribution in [0.1, 0.15) is 71.1 Å². The van der Waals surface area contributed by atoms with Crippen LogP contribution in [-0.4, -0.2) is 47.9 Å². The van der Waals surface area contributed by atoms with Crippen molar-refractivity contribution in [2.24, 2.45) is 0 Å². The van der Waals surface area contributed by atoms with Crippen LogP contribution in [0.4, 0.5) is 0 Å². The SMILES string of the molecule is C=Cc1cnn2ccc(-c3c[nH]c4ncc(-c5cnn6c5CN(C)CC6)cc34)cc12.CC.CCCCCCC. The van der Waals surface area contributed by atoms with E-state index in [0.717, 1.165) is 64.0 Å². The van der Waals surface area contributed by atoms with Crippen molar-refractivity contribution in [1.82, 2.24) is 34.3 Å². The average molecular weight is 526 g/mol. The maximum atomic E-state index is 4.70. The second-order valence-electron chi connectivity index (χ2n) is 9.90. The van der Waals surface area contributed by atoms with E-state index in [1.807, 2.05) is 55.4 Å². The fourth-order valence-corrected chi connectivity index (χ4v) is 5.00. The van der Waals surface area contributed by atoms with Gasteiger partial charge in [0.1, 0.15) is 5.65 Å². The first-order chi connectivity index (χ1) is 19.1. The van der Waals surface area contributed by atoms with Gasteiger partial charge in [-0.15, -0.1) is 0 Å². The summed E-state index contributed by atoms with van der Waals surface area (Å²) in [5, 5.41) is 10.1. The second kappa shape index (κ2) is 13.4. The van der Waals surface area contributed by atoms with Gasteiger partial charge in [-0.2, -0.15) is 10.2 Å². The van der Waals surface area contributed by atoms with Crippen molar-refractivity contribution in [2.45, 2.75) is 72.9 Å². The molecule has 0 aliphatic carbocycles. The highest BCUT2D eigenvalue weighted by atomic mass is 15.3. The molecule has 0 fully saturated rings. The summed E-state index contributed by atoms with van der Waals surface area (Å²) in [6.07, 6.45) is 18.6. The molecular weight excluding hydrogens is 482 g/mol. The lowest BCUT2D eigenvalue weighted by Gasteiger charge is -2.24. The zero-order chi connectivity index (χ0) is 27.8. The third-order valence-corrected chi connectivity index (χ3v) is 7.19. The monoisotopic (exact) mass is 525 g/mol. The molecule has 0 saturated heterocycles. The summed E-state index contributed by atoms with van der Waals surface area (Å²) < 4.78 is 3.98. The molecule has 5 aromatic heterocycles. The molecular formula is C32H43N7. The molecule has 0 atom stereocenters. The predicted octanol–water partition coefficient (Wildman–Crippen LogP) is 7.83. The molecule has 1 N–H and O–H groups in total. The minimum atomic E-state index is 0.879. The first-order valence-electron chi connectivity index (χ1n) is 14.4. The van der Waals surface area contributed by atoms with E-state index in [-0.39, 0.29) is 0 Å². The van der Waals surface area contributed by atoms with E-state index in [9.17, 15) is 0 Å². The van der Waals surface area contributed by atoms with E-state index in [1.165, 1.54) is 37.8 Å². The van der Waals surface area contributed by atoms with Gasteiger partial charge in [0.25, 0.3) is 0 Å². The van der Waals surface area contributed by atoms with Crippen LogP contribution in [0.25, 0.3) is 44.9 Å². The largest absolute Gasteiger partial charge is 0.346 e. The minimum absolute atomic E-state index is 0.879. The number of nitrogens with zero attached hydrogens (tertiary/aromatic N) is 6. The summed E-state index contributed by atoms with van der Waals surface area (Å²) in [5.41, 5.74) is 8.67. The van der Waals surface area contributed by atoms with E-state index in [1.54, 1.807) is 0 Å². The molecule has 7 heteroatoms. The molecule has 1 aliphatic rings. The van der Waals surface area contributed by atoms with Crippen LogP contribution < -0.4 is 0 Å². The molecule has 39 heavy (non-hydrogen) atoms. The molecule has 0 aromatic carbocycles. The number of hydrogen-bond acceptors (Lipinski definition) is 4. The number of nitrogens with one attached hydrogen (secondary N) is 1. The first kappa shape index (κ1) is 28.3. The molecule has 5 aromatic rings. The summed E-state index contributed by atoms with van der Waals surface area (Å²) in [5.74, 6) is 0. The van der Waals surface area contributed by atoms with Crippen molar-refractivity contribution in [2.75, 3.05) is 13.6 Å². The fraction of sp³-hybridized carbons (Fsp3) is 0.406. The zero-order valence-electron chi connectivity index (χ0n) is 24.2. The summed E-state index contributed by atoms with van der Waals surface area (Å²) in [7, 11) is 2.15. The van der Waals surface area contributed by atoms with Gasteiger partial charge < -0.3 is 4.98 Å². The summed E-state index contributed by atoms with van der Waals surface area (Å²) in [4.78, 5) is 10.3. The second-order valence-corrected chi connectivity index (χ2v) is 9.90. The van der Waals surface area contributed by atoms with Crippen LogP contribution in [-0.2, 0) is 13.1 Å². The Bertz CT molecular complexity index is 1500. The van der Waals surface area contributed by atoms with Crippen LogP contribution in [0.3, 0.4) is 0 Å². The first-order valence-corrected chi connectivity index (χ1v) is 14.4. The standard InChI is InChI=1S/C23H21N7.C7H16.C2H6/c1-3-15-11-26-29-5-4-16(9-21(15)29)19-12-25-23-18(19)8-17(10-24-23)20-13-27-30-7-6-28(2)14-22(20)30;1-3-5-7-6-4-2;1-2/h3-5,8-13H,1,6-7,14H2,2H3,(H,24,25);3-7H2,1-2H3;1-2H3. The smallest absolute Gasteiger partial charge is 0.137 e. The van der Waals surface area contributed by atoms with E-state index in [4.69, 9.17) is 4.98 Å². The van der Waals surface area contributed by atoms with Crippen molar-refractivity contribution in [3.05, 3.63) is 67.0 Å². The number of unbranched alkanes of at least 4 members (excludes halogenated alkanes) is 4. The van der Waals surface area contributed by atoms with Gasteiger partial charge in [0.2, 0.25) is 0 Å². The zero-order valence-corrected chi connectivity index (χ0v) is 24.2. The van der Waals surface area contributed by atoms with Crippen LogP contribution >= 0.6 is 0 Å². The Morgan fingerprint density at radius 3 is 2.49 bits per heavy atom. The van der Waals surface area contributed by atoms with Crippen LogP contribution in [0.2, 0.25) is 0 Å².